The molecular weight excluding hydrogens is 875 g/mol. The lowest BCUT2D eigenvalue weighted by Gasteiger charge is -2.29. The molecule has 0 spiro atoms. The van der Waals surface area contributed by atoms with Gasteiger partial charge >= 0.3 is 0 Å². The van der Waals surface area contributed by atoms with Gasteiger partial charge in [-0.25, -0.2) is 0 Å². The third-order valence-electron chi connectivity index (χ3n) is 12.4. The fourth-order valence-corrected chi connectivity index (χ4v) is 9.49. The summed E-state index contributed by atoms with van der Waals surface area (Å²) in [7, 11) is 0. The molecule has 2 atom stereocenters. The molecular formula is C51H53N5O10S. The van der Waals surface area contributed by atoms with E-state index in [2.05, 4.69) is 57.5 Å². The monoisotopic (exact) mass is 927 g/mol. The van der Waals surface area contributed by atoms with Crippen molar-refractivity contribution in [1.82, 2.24) is 25.8 Å². The van der Waals surface area contributed by atoms with E-state index >= 15 is 0 Å². The number of Topliss-reactive ketones (excluding diaryl/α,β-unsaturated/α-hetero) is 3. The summed E-state index contributed by atoms with van der Waals surface area (Å²) >= 11 is 1.24. The summed E-state index contributed by atoms with van der Waals surface area (Å²) in [6, 6.07) is 20.0. The van der Waals surface area contributed by atoms with Crippen LogP contribution in [0.3, 0.4) is 0 Å². The minimum Gasteiger partial charge on any atom is -0.344 e. The number of ketones is 3. The van der Waals surface area contributed by atoms with E-state index in [-0.39, 0.29) is 73.4 Å². The van der Waals surface area contributed by atoms with Gasteiger partial charge in [-0.15, -0.1) is 11.3 Å². The molecule has 4 aliphatic heterocycles. The predicted molar refractivity (Wildman–Crippen MR) is 247 cm³/mol. The lowest BCUT2D eigenvalue weighted by Crippen LogP contribution is -2.52. The van der Waals surface area contributed by atoms with Crippen LogP contribution in [0.5, 0.6) is 0 Å². The number of carbonyl (C=O) groups is 10. The van der Waals surface area contributed by atoms with E-state index in [9.17, 15) is 47.9 Å². The number of rotatable bonds is 11. The second-order valence-corrected chi connectivity index (χ2v) is 20.4. The number of nitrogens with one attached hydrogen (secondary N) is 3. The van der Waals surface area contributed by atoms with E-state index in [1.54, 1.807) is 36.4 Å². The maximum Gasteiger partial charge on any atom is 0.292 e. The summed E-state index contributed by atoms with van der Waals surface area (Å²) < 4.78 is 0. The highest BCUT2D eigenvalue weighted by atomic mass is 32.1. The fourth-order valence-electron chi connectivity index (χ4n) is 8.43. The van der Waals surface area contributed by atoms with Crippen LogP contribution in [0.25, 0.3) is 0 Å². The number of benzene rings is 3. The first-order valence-electron chi connectivity index (χ1n) is 22.2. The Morgan fingerprint density at radius 3 is 1.66 bits per heavy atom. The third kappa shape index (κ3) is 10.7. The van der Waals surface area contributed by atoms with Crippen LogP contribution in [0, 0.1) is 0 Å². The minimum absolute atomic E-state index is 0.0334. The number of hydrogen-bond donors (Lipinski definition) is 3. The molecule has 2 saturated heterocycles. The number of hydrogen-bond acceptors (Lipinski definition) is 11. The van der Waals surface area contributed by atoms with Crippen molar-refractivity contribution in [3.63, 3.8) is 0 Å². The Morgan fingerprint density at radius 2 is 1.15 bits per heavy atom. The van der Waals surface area contributed by atoms with Gasteiger partial charge in [0.05, 0.1) is 11.4 Å². The molecule has 4 aliphatic rings. The molecule has 2 unspecified atom stereocenters. The number of imide groups is 2. The number of amides is 7. The van der Waals surface area contributed by atoms with Crippen molar-refractivity contribution in [2.24, 2.45) is 0 Å². The SMILES string of the molecule is CC(C)(C)c1ccc(C(=O)C(=O)CCc2ccc3c(c2)CN(C2CCC(=O)NC2=O)C3=O)cc1.CC(C)(C)c1ccc(C(=O)C(=O)NCc2cc3c(s2)C(=O)N(C2CCC(=O)NC2=O)C3)cc1. The lowest BCUT2D eigenvalue weighted by atomic mass is 9.86. The second-order valence-electron chi connectivity index (χ2n) is 19.3. The average Bonchev–Trinajstić information content (AvgIpc) is 3.94. The van der Waals surface area contributed by atoms with Gasteiger partial charge in [0, 0.05) is 53.9 Å². The highest BCUT2D eigenvalue weighted by Crippen LogP contribution is 2.34. The normalized spacial score (nSPS) is 18.1. The van der Waals surface area contributed by atoms with Crippen LogP contribution in [0.15, 0.2) is 72.8 Å². The van der Waals surface area contributed by atoms with Gasteiger partial charge in [-0.1, -0.05) is 102 Å². The molecule has 67 heavy (non-hydrogen) atoms. The molecule has 3 aromatic carbocycles. The first kappa shape index (κ1) is 48.0. The van der Waals surface area contributed by atoms with Gasteiger partial charge in [0.1, 0.15) is 12.1 Å². The van der Waals surface area contributed by atoms with Crippen molar-refractivity contribution < 1.29 is 47.9 Å². The number of aryl methyl sites for hydroxylation is 1. The van der Waals surface area contributed by atoms with E-state index < -0.39 is 47.2 Å². The van der Waals surface area contributed by atoms with Gasteiger partial charge in [0.25, 0.3) is 17.7 Å². The Bertz CT molecular complexity index is 2720. The van der Waals surface area contributed by atoms with Crippen LogP contribution in [-0.2, 0) is 65.7 Å². The van der Waals surface area contributed by atoms with E-state index in [1.807, 2.05) is 36.4 Å². The first-order valence-corrected chi connectivity index (χ1v) is 23.0. The molecule has 3 N–H and O–H groups in total. The van der Waals surface area contributed by atoms with E-state index in [0.29, 0.717) is 40.8 Å². The topological polar surface area (TPSA) is 213 Å². The van der Waals surface area contributed by atoms with Gasteiger partial charge in [0.15, 0.2) is 0 Å². The van der Waals surface area contributed by atoms with Gasteiger partial charge in [-0.3, -0.25) is 58.6 Å². The highest BCUT2D eigenvalue weighted by molar-refractivity contribution is 7.14. The molecule has 0 radical (unpaired) electrons. The van der Waals surface area contributed by atoms with Crippen LogP contribution in [0.4, 0.5) is 0 Å². The smallest absolute Gasteiger partial charge is 0.292 e. The maximum absolute atomic E-state index is 12.8. The molecule has 0 saturated carbocycles. The van der Waals surface area contributed by atoms with Crippen LogP contribution in [0.1, 0.15) is 147 Å². The largest absolute Gasteiger partial charge is 0.344 e. The standard InChI is InChI=1S/C27H28N2O5.C24H25N3O5S/c1-27(2,3)19-8-6-17(7-9-19)24(32)22(30)12-5-16-4-10-20-18(14-16)15-29(26(20)34)21-11-13-23(31)28-25(21)33;1-24(2,3)15-6-4-13(5-7-15)19(29)22(31)25-11-16-10-14-12-27(23(32)20(14)33-16)17-8-9-18(28)26-21(17)30/h4,6-10,14,21H,5,11-13,15H2,1-3H3,(H,28,31,33);4-7,10,17H,8-9,11-12H2,1-3H3,(H,25,31)(H,26,28,30). The van der Waals surface area contributed by atoms with Crippen LogP contribution in [-0.4, -0.2) is 80.6 Å². The van der Waals surface area contributed by atoms with Crippen molar-refractivity contribution in [3.05, 3.63) is 127 Å². The van der Waals surface area contributed by atoms with Gasteiger partial charge in [0.2, 0.25) is 41.0 Å². The molecule has 348 valence electrons. The molecule has 7 amide bonds. The maximum atomic E-state index is 12.8. The summed E-state index contributed by atoms with van der Waals surface area (Å²) in [5, 5.41) is 7.19. The number of nitrogens with zero attached hydrogens (tertiary/aromatic N) is 2. The summed E-state index contributed by atoms with van der Waals surface area (Å²) in [5.74, 6) is -4.30. The summed E-state index contributed by atoms with van der Waals surface area (Å²) in [5.41, 5.74) is 5.73. The summed E-state index contributed by atoms with van der Waals surface area (Å²) in [4.78, 5) is 127. The quantitative estimate of drug-likeness (QED) is 0.0985. The van der Waals surface area contributed by atoms with E-state index in [1.165, 1.54) is 21.1 Å². The second kappa shape index (κ2) is 19.1. The summed E-state index contributed by atoms with van der Waals surface area (Å²) in [6.45, 7) is 13.2. The average molecular weight is 928 g/mol. The molecule has 16 heteroatoms. The predicted octanol–water partition coefficient (Wildman–Crippen LogP) is 5.44. The molecule has 2 fully saturated rings. The van der Waals surface area contributed by atoms with Crippen molar-refractivity contribution in [1.29, 1.82) is 0 Å². The molecule has 4 aromatic rings. The Kier molecular flexibility index (Phi) is 13.7. The third-order valence-corrected chi connectivity index (χ3v) is 13.5. The van der Waals surface area contributed by atoms with Crippen LogP contribution in [0.2, 0.25) is 0 Å². The Morgan fingerprint density at radius 1 is 0.642 bits per heavy atom. The van der Waals surface area contributed by atoms with E-state index in [0.717, 1.165) is 32.7 Å². The molecule has 1 aromatic heterocycles. The van der Waals surface area contributed by atoms with Crippen molar-refractivity contribution >= 4 is 70.0 Å². The number of thiophene rings is 1. The molecule has 5 heterocycles. The number of fused-ring (bicyclic) bond motifs is 2. The number of piperidine rings is 2. The zero-order valence-corrected chi connectivity index (χ0v) is 39.1. The van der Waals surface area contributed by atoms with Crippen LogP contribution >= 0.6 is 11.3 Å². The van der Waals surface area contributed by atoms with Gasteiger partial charge < -0.3 is 15.1 Å². The van der Waals surface area contributed by atoms with Gasteiger partial charge in [-0.05, 0) is 70.0 Å². The van der Waals surface area contributed by atoms with Gasteiger partial charge in [-0.2, -0.15) is 0 Å². The Hall–Kier alpha value is -6.94. The van der Waals surface area contributed by atoms with E-state index in [4.69, 9.17) is 0 Å². The molecule has 8 rings (SSSR count). The van der Waals surface area contributed by atoms with Crippen molar-refractivity contribution in [2.45, 2.75) is 123 Å². The van der Waals surface area contributed by atoms with Crippen molar-refractivity contribution in [2.75, 3.05) is 0 Å². The molecule has 15 nitrogen and oxygen atoms in total. The molecule has 0 bridgehead atoms. The zero-order valence-electron chi connectivity index (χ0n) is 38.3. The zero-order chi connectivity index (χ0) is 48.5. The Labute approximate surface area is 392 Å². The highest BCUT2D eigenvalue weighted by Gasteiger charge is 2.41. The number of carbonyl (C=O) groups excluding carboxylic acids is 10. The Balaban J connectivity index is 0.000000199. The fraction of sp³-hybridized carbons (Fsp3) is 0.373. The lowest BCUT2D eigenvalue weighted by molar-refractivity contribution is -0.138. The first-order chi connectivity index (χ1) is 31.6. The van der Waals surface area contributed by atoms with Crippen LogP contribution < -0.4 is 16.0 Å². The van der Waals surface area contributed by atoms with Crippen molar-refractivity contribution in [3.8, 4) is 0 Å². The summed E-state index contributed by atoms with van der Waals surface area (Å²) in [6.07, 6.45) is 1.49. The minimum atomic E-state index is -0.705. The molecule has 0 aliphatic carbocycles.